The van der Waals surface area contributed by atoms with Crippen LogP contribution >= 0.6 is 0 Å². The van der Waals surface area contributed by atoms with E-state index in [1.165, 1.54) is 11.2 Å². The molecule has 0 bridgehead atoms. The summed E-state index contributed by atoms with van der Waals surface area (Å²) >= 11 is 0. The summed E-state index contributed by atoms with van der Waals surface area (Å²) in [7, 11) is 1.71. The standard InChI is InChI=1S/C14H12N4O2/c1-18(14-7-3-6-13(10-20)17-14)15-8-11-4-2-5-12(9-19)16-11/h2-10H,1H3/b15-8+. The van der Waals surface area contributed by atoms with E-state index >= 15 is 0 Å². The van der Waals surface area contributed by atoms with Gasteiger partial charge in [0.25, 0.3) is 0 Å². The molecule has 0 fully saturated rings. The molecular weight excluding hydrogens is 256 g/mol. The fourth-order valence-electron chi connectivity index (χ4n) is 1.50. The van der Waals surface area contributed by atoms with Gasteiger partial charge < -0.3 is 0 Å². The van der Waals surface area contributed by atoms with Gasteiger partial charge in [0.2, 0.25) is 0 Å². The Morgan fingerprint density at radius 2 is 1.55 bits per heavy atom. The molecule has 0 unspecified atom stereocenters. The van der Waals surface area contributed by atoms with E-state index < -0.39 is 0 Å². The SMILES string of the molecule is CN(/N=C/c1cccc(C=O)n1)c1cccc(C=O)n1. The summed E-state index contributed by atoms with van der Waals surface area (Å²) in [6.07, 6.45) is 2.87. The second-order valence-corrected chi connectivity index (χ2v) is 3.91. The first-order chi connectivity index (χ1) is 9.72. The van der Waals surface area contributed by atoms with E-state index in [9.17, 15) is 9.59 Å². The Kier molecular flexibility index (Phi) is 4.28. The topological polar surface area (TPSA) is 75.5 Å². The lowest BCUT2D eigenvalue weighted by molar-refractivity contribution is 0.111. The molecule has 6 nitrogen and oxygen atoms in total. The van der Waals surface area contributed by atoms with Crippen molar-refractivity contribution >= 4 is 24.6 Å². The number of carbonyl (C=O) groups is 2. The normalized spacial score (nSPS) is 10.4. The van der Waals surface area contributed by atoms with Crippen LogP contribution in [0, 0.1) is 0 Å². The molecule has 0 saturated heterocycles. The number of anilines is 1. The molecule has 2 aromatic heterocycles. The van der Waals surface area contributed by atoms with E-state index in [-0.39, 0.29) is 0 Å². The Morgan fingerprint density at radius 1 is 0.950 bits per heavy atom. The molecular formula is C14H12N4O2. The lowest BCUT2D eigenvalue weighted by atomic mass is 10.3. The highest BCUT2D eigenvalue weighted by atomic mass is 16.1. The Labute approximate surface area is 115 Å². The van der Waals surface area contributed by atoms with E-state index in [2.05, 4.69) is 15.1 Å². The van der Waals surface area contributed by atoms with Crippen LogP contribution in [-0.2, 0) is 0 Å². The van der Waals surface area contributed by atoms with E-state index in [1.54, 1.807) is 43.4 Å². The van der Waals surface area contributed by atoms with Gasteiger partial charge >= 0.3 is 0 Å². The summed E-state index contributed by atoms with van der Waals surface area (Å²) < 4.78 is 0. The number of rotatable bonds is 5. The molecule has 2 aromatic rings. The van der Waals surface area contributed by atoms with Crippen molar-refractivity contribution in [1.82, 2.24) is 9.97 Å². The van der Waals surface area contributed by atoms with Gasteiger partial charge in [0.15, 0.2) is 12.6 Å². The van der Waals surface area contributed by atoms with Gasteiger partial charge in [-0.1, -0.05) is 12.1 Å². The zero-order chi connectivity index (χ0) is 14.4. The predicted molar refractivity (Wildman–Crippen MR) is 75.2 cm³/mol. The Hall–Kier alpha value is -2.89. The van der Waals surface area contributed by atoms with Crippen molar-refractivity contribution in [2.45, 2.75) is 0 Å². The smallest absolute Gasteiger partial charge is 0.168 e. The largest absolute Gasteiger partial charge is 0.296 e. The first kappa shape index (κ1) is 13.5. The molecule has 0 radical (unpaired) electrons. The lowest BCUT2D eigenvalue weighted by Crippen LogP contribution is -2.11. The molecule has 0 saturated carbocycles. The summed E-state index contributed by atoms with van der Waals surface area (Å²) in [6, 6.07) is 10.2. The second-order valence-electron chi connectivity index (χ2n) is 3.91. The third-order valence-electron chi connectivity index (χ3n) is 2.48. The van der Waals surface area contributed by atoms with Crippen molar-refractivity contribution < 1.29 is 9.59 Å². The maximum Gasteiger partial charge on any atom is 0.168 e. The average Bonchev–Trinajstić information content (AvgIpc) is 2.52. The zero-order valence-corrected chi connectivity index (χ0v) is 10.8. The monoisotopic (exact) mass is 268 g/mol. The van der Waals surface area contributed by atoms with Crippen molar-refractivity contribution in [3.05, 3.63) is 53.5 Å². The molecule has 2 heterocycles. The van der Waals surface area contributed by atoms with Gasteiger partial charge in [-0.2, -0.15) is 5.10 Å². The number of pyridine rings is 2. The number of nitrogens with zero attached hydrogens (tertiary/aromatic N) is 4. The van der Waals surface area contributed by atoms with E-state index in [0.29, 0.717) is 35.5 Å². The maximum absolute atomic E-state index is 10.7. The lowest BCUT2D eigenvalue weighted by Gasteiger charge is -2.11. The van der Waals surface area contributed by atoms with Crippen molar-refractivity contribution in [1.29, 1.82) is 0 Å². The van der Waals surface area contributed by atoms with Gasteiger partial charge in [-0.15, -0.1) is 0 Å². The molecule has 0 aliphatic heterocycles. The van der Waals surface area contributed by atoms with Gasteiger partial charge in [0.05, 0.1) is 11.9 Å². The molecule has 0 amide bonds. The summed E-state index contributed by atoms with van der Waals surface area (Å²) in [5, 5.41) is 5.68. The maximum atomic E-state index is 10.7. The molecule has 0 aliphatic carbocycles. The minimum Gasteiger partial charge on any atom is -0.296 e. The van der Waals surface area contributed by atoms with E-state index in [0.717, 1.165) is 0 Å². The minimum absolute atomic E-state index is 0.339. The van der Waals surface area contributed by atoms with Crippen LogP contribution in [-0.4, -0.2) is 35.8 Å². The van der Waals surface area contributed by atoms with Crippen LogP contribution in [0.4, 0.5) is 5.82 Å². The first-order valence-corrected chi connectivity index (χ1v) is 5.85. The van der Waals surface area contributed by atoms with Crippen LogP contribution in [0.1, 0.15) is 26.7 Å². The van der Waals surface area contributed by atoms with E-state index in [4.69, 9.17) is 0 Å². The third-order valence-corrected chi connectivity index (χ3v) is 2.48. The summed E-state index contributed by atoms with van der Waals surface area (Å²) in [4.78, 5) is 29.5. The van der Waals surface area contributed by atoms with Gasteiger partial charge in [-0.25, -0.2) is 9.97 Å². The molecule has 0 atom stereocenters. The van der Waals surface area contributed by atoms with Gasteiger partial charge in [0, 0.05) is 7.05 Å². The molecule has 0 N–H and O–H groups in total. The van der Waals surface area contributed by atoms with Crippen LogP contribution in [0.2, 0.25) is 0 Å². The third kappa shape index (κ3) is 3.32. The Morgan fingerprint density at radius 3 is 2.25 bits per heavy atom. The van der Waals surface area contributed by atoms with Crippen molar-refractivity contribution in [2.24, 2.45) is 5.10 Å². The molecule has 100 valence electrons. The number of aromatic nitrogens is 2. The zero-order valence-electron chi connectivity index (χ0n) is 10.8. The minimum atomic E-state index is 0.339. The fraction of sp³-hybridized carbons (Fsp3) is 0.0714. The van der Waals surface area contributed by atoms with Crippen LogP contribution in [0.5, 0.6) is 0 Å². The van der Waals surface area contributed by atoms with Gasteiger partial charge in [-0.05, 0) is 24.3 Å². The van der Waals surface area contributed by atoms with Crippen LogP contribution in [0.15, 0.2) is 41.5 Å². The molecule has 0 aliphatic rings. The number of carbonyl (C=O) groups excluding carboxylic acids is 2. The van der Waals surface area contributed by atoms with Crippen LogP contribution in [0.25, 0.3) is 0 Å². The quantitative estimate of drug-likeness (QED) is 0.467. The number of aldehydes is 2. The average molecular weight is 268 g/mol. The van der Waals surface area contributed by atoms with Gasteiger partial charge in [-0.3, -0.25) is 14.6 Å². The highest BCUT2D eigenvalue weighted by Crippen LogP contribution is 2.09. The fourth-order valence-corrected chi connectivity index (χ4v) is 1.50. The summed E-state index contributed by atoms with van der Waals surface area (Å²) in [5.41, 5.74) is 1.25. The summed E-state index contributed by atoms with van der Waals surface area (Å²) in [6.45, 7) is 0. The number of hydrazone groups is 1. The molecule has 0 spiro atoms. The Bertz CT molecular complexity index is 655. The second kappa shape index (κ2) is 6.33. The van der Waals surface area contributed by atoms with Crippen molar-refractivity contribution in [3.63, 3.8) is 0 Å². The summed E-state index contributed by atoms with van der Waals surface area (Å²) in [5.74, 6) is 0.539. The van der Waals surface area contributed by atoms with Gasteiger partial charge in [0.1, 0.15) is 17.2 Å². The predicted octanol–water partition coefficient (Wildman–Crippen LogP) is 1.57. The van der Waals surface area contributed by atoms with E-state index in [1.807, 2.05) is 0 Å². The molecule has 20 heavy (non-hydrogen) atoms. The first-order valence-electron chi connectivity index (χ1n) is 5.85. The highest BCUT2D eigenvalue weighted by Gasteiger charge is 2.01. The Balaban J connectivity index is 2.17. The van der Waals surface area contributed by atoms with Crippen LogP contribution < -0.4 is 5.01 Å². The molecule has 0 aromatic carbocycles. The number of hydrogen-bond donors (Lipinski definition) is 0. The van der Waals surface area contributed by atoms with Crippen molar-refractivity contribution in [3.8, 4) is 0 Å². The van der Waals surface area contributed by atoms with Crippen molar-refractivity contribution in [2.75, 3.05) is 12.1 Å². The molecule has 6 heteroatoms. The number of hydrogen-bond acceptors (Lipinski definition) is 6. The highest BCUT2D eigenvalue weighted by molar-refractivity contribution is 5.80. The molecule has 2 rings (SSSR count). The van der Waals surface area contributed by atoms with Crippen LogP contribution in [0.3, 0.4) is 0 Å².